The van der Waals surface area contributed by atoms with E-state index in [0.717, 1.165) is 5.69 Å². The van der Waals surface area contributed by atoms with Crippen molar-refractivity contribution in [1.29, 1.82) is 0 Å². The molecule has 158 valence electrons. The number of hydrogen-bond acceptors (Lipinski definition) is 4. The van der Waals surface area contributed by atoms with E-state index in [1.165, 1.54) is 18.1 Å². The van der Waals surface area contributed by atoms with Crippen molar-refractivity contribution in [2.24, 2.45) is 0 Å². The van der Waals surface area contributed by atoms with Gasteiger partial charge in [-0.1, -0.05) is 18.2 Å². The number of urea groups is 1. The van der Waals surface area contributed by atoms with Crippen molar-refractivity contribution < 1.29 is 55.3 Å². The number of Topliss-reactive ketones (excluding diaryl/α,β-unsaturated/α-hetero) is 1. The largest absolute Gasteiger partial charge is 1.00 e. The molecular formula is C21H23N4NaO5. The van der Waals surface area contributed by atoms with Crippen molar-refractivity contribution in [3.8, 4) is 5.69 Å². The Bertz CT molecular complexity index is 1020. The minimum Gasteiger partial charge on any atom is -1.00 e. The Morgan fingerprint density at radius 1 is 1.16 bits per heavy atom. The number of aliphatic carboxylic acids is 1. The normalized spacial score (nSPS) is 16.8. The van der Waals surface area contributed by atoms with E-state index in [4.69, 9.17) is 0 Å². The first-order valence-corrected chi connectivity index (χ1v) is 9.28. The zero-order valence-electron chi connectivity index (χ0n) is 18.5. The van der Waals surface area contributed by atoms with E-state index in [1.54, 1.807) is 29.8 Å². The number of benzene rings is 1. The Kier molecular flexibility index (Phi) is 8.21. The number of nitrogens with zero attached hydrogens (tertiary/aromatic N) is 2. The fourth-order valence-electron chi connectivity index (χ4n) is 3.33. The number of para-hydroxylation sites is 1. The summed E-state index contributed by atoms with van der Waals surface area (Å²) in [5, 5.41) is 14.3. The van der Waals surface area contributed by atoms with Crippen LogP contribution in [0.3, 0.4) is 0 Å². The van der Waals surface area contributed by atoms with Crippen LogP contribution in [0.5, 0.6) is 0 Å². The molecule has 0 bridgehead atoms. The van der Waals surface area contributed by atoms with Crippen LogP contribution in [-0.2, 0) is 14.4 Å². The SMILES string of the molecule is CC1=CN(C)C(=O)C(NC(=O)NC(CC(=O)O)c2cccn2-c2ccccc2)C1=O.[H-].[Na+]. The van der Waals surface area contributed by atoms with E-state index in [2.05, 4.69) is 10.6 Å². The Morgan fingerprint density at radius 3 is 2.48 bits per heavy atom. The molecular weight excluding hydrogens is 411 g/mol. The molecule has 2 heterocycles. The van der Waals surface area contributed by atoms with Crippen LogP contribution >= 0.6 is 0 Å². The molecule has 0 spiro atoms. The molecule has 3 rings (SSSR count). The van der Waals surface area contributed by atoms with Gasteiger partial charge >= 0.3 is 41.6 Å². The molecule has 1 aliphatic rings. The quantitative estimate of drug-likeness (QED) is 0.387. The molecule has 1 aromatic heterocycles. The van der Waals surface area contributed by atoms with Crippen molar-refractivity contribution >= 4 is 23.7 Å². The van der Waals surface area contributed by atoms with Gasteiger partial charge in [0.1, 0.15) is 0 Å². The molecule has 1 aliphatic heterocycles. The van der Waals surface area contributed by atoms with Gasteiger partial charge in [0.05, 0.1) is 12.5 Å². The second kappa shape index (κ2) is 10.4. The Hall–Kier alpha value is -2.88. The first kappa shape index (κ1) is 24.4. The first-order chi connectivity index (χ1) is 14.3. The Balaban J connectivity index is 0.00000256. The maximum atomic E-state index is 12.6. The second-order valence-electron chi connectivity index (χ2n) is 6.97. The van der Waals surface area contributed by atoms with E-state index >= 15 is 0 Å². The van der Waals surface area contributed by atoms with E-state index in [9.17, 15) is 24.3 Å². The number of carboxylic acids is 1. The average Bonchev–Trinajstić information content (AvgIpc) is 3.19. The summed E-state index contributed by atoms with van der Waals surface area (Å²) in [5.74, 6) is -2.18. The van der Waals surface area contributed by atoms with E-state index in [0.29, 0.717) is 11.3 Å². The van der Waals surface area contributed by atoms with Gasteiger partial charge < -0.3 is 26.6 Å². The van der Waals surface area contributed by atoms with E-state index in [-0.39, 0.29) is 37.4 Å². The van der Waals surface area contributed by atoms with Crippen molar-refractivity contribution in [1.82, 2.24) is 20.1 Å². The average molecular weight is 434 g/mol. The Labute approximate surface area is 202 Å². The van der Waals surface area contributed by atoms with Crippen LogP contribution in [0, 0.1) is 0 Å². The minimum atomic E-state index is -1.36. The molecule has 0 radical (unpaired) electrons. The zero-order chi connectivity index (χ0) is 21.8. The number of likely N-dealkylation sites (N-methyl/N-ethyl adjacent to an activating group) is 1. The number of ketones is 1. The van der Waals surface area contributed by atoms with Gasteiger partial charge in [-0.25, -0.2) is 4.79 Å². The molecule has 2 atom stereocenters. The van der Waals surface area contributed by atoms with Gasteiger partial charge in [0, 0.05) is 36.4 Å². The monoisotopic (exact) mass is 434 g/mol. The van der Waals surface area contributed by atoms with Gasteiger partial charge in [-0.15, -0.1) is 0 Å². The number of carboxylic acid groups (broad SMARTS) is 1. The fourth-order valence-corrected chi connectivity index (χ4v) is 3.33. The summed E-state index contributed by atoms with van der Waals surface area (Å²) < 4.78 is 1.77. The molecule has 0 fully saturated rings. The molecule has 2 unspecified atom stereocenters. The maximum Gasteiger partial charge on any atom is 1.00 e. The molecule has 0 aliphatic carbocycles. The topological polar surface area (TPSA) is 121 Å². The van der Waals surface area contributed by atoms with Crippen LogP contribution in [0.1, 0.15) is 26.5 Å². The van der Waals surface area contributed by atoms with Crippen LogP contribution in [-0.4, -0.2) is 51.4 Å². The standard InChI is InChI=1S/C21H22N4O5.Na.H/c1-13-12-24(2)20(29)18(19(13)28)23-21(30)22-15(11-17(26)27)16-9-6-10-25(16)14-7-4-3-5-8-14;;/h3-10,12,15,18H,11H2,1-2H3,(H,26,27)(H2,22,23,30);;/q;+1;-1. The summed E-state index contributed by atoms with van der Waals surface area (Å²) in [6, 6.07) is 9.66. The van der Waals surface area contributed by atoms with Gasteiger partial charge in [0.25, 0.3) is 5.91 Å². The van der Waals surface area contributed by atoms with Gasteiger partial charge in [0.15, 0.2) is 11.8 Å². The molecule has 3 amide bonds. The number of rotatable bonds is 6. The summed E-state index contributed by atoms with van der Waals surface area (Å²) >= 11 is 0. The second-order valence-corrected chi connectivity index (χ2v) is 6.97. The van der Waals surface area contributed by atoms with Crippen molar-refractivity contribution in [3.63, 3.8) is 0 Å². The number of carbonyl (C=O) groups excluding carboxylic acids is 3. The fraction of sp³-hybridized carbons (Fsp3) is 0.238. The molecule has 0 saturated carbocycles. The molecule has 9 nitrogen and oxygen atoms in total. The number of carbonyl (C=O) groups is 4. The Morgan fingerprint density at radius 2 is 1.84 bits per heavy atom. The van der Waals surface area contributed by atoms with Gasteiger partial charge in [-0.3, -0.25) is 14.4 Å². The number of aromatic nitrogens is 1. The van der Waals surface area contributed by atoms with E-state index in [1.807, 2.05) is 30.3 Å². The van der Waals surface area contributed by atoms with Crippen LogP contribution in [0.25, 0.3) is 5.69 Å². The summed E-state index contributed by atoms with van der Waals surface area (Å²) in [6.07, 6.45) is 2.78. The van der Waals surface area contributed by atoms with Crippen molar-refractivity contribution in [2.75, 3.05) is 7.05 Å². The third kappa shape index (κ3) is 5.63. The van der Waals surface area contributed by atoms with Gasteiger partial charge in [-0.05, 0) is 31.2 Å². The summed E-state index contributed by atoms with van der Waals surface area (Å²) in [6.45, 7) is 1.55. The first-order valence-electron chi connectivity index (χ1n) is 9.28. The van der Waals surface area contributed by atoms with E-state index < -0.39 is 35.8 Å². The third-order valence-corrected chi connectivity index (χ3v) is 4.76. The smallest absolute Gasteiger partial charge is 1.00 e. The maximum absolute atomic E-state index is 12.6. The molecule has 3 N–H and O–H groups in total. The molecule has 0 saturated heterocycles. The van der Waals surface area contributed by atoms with Gasteiger partial charge in [-0.2, -0.15) is 0 Å². The summed E-state index contributed by atoms with van der Waals surface area (Å²) in [4.78, 5) is 49.8. The van der Waals surface area contributed by atoms with Crippen LogP contribution in [0.4, 0.5) is 4.79 Å². The third-order valence-electron chi connectivity index (χ3n) is 4.76. The summed E-state index contributed by atoms with van der Waals surface area (Å²) in [7, 11) is 1.49. The van der Waals surface area contributed by atoms with Crippen molar-refractivity contribution in [2.45, 2.75) is 25.4 Å². The van der Waals surface area contributed by atoms with Gasteiger partial charge in [0.2, 0.25) is 0 Å². The summed E-state index contributed by atoms with van der Waals surface area (Å²) in [5.41, 5.74) is 1.69. The molecule has 2 aromatic rings. The molecule has 31 heavy (non-hydrogen) atoms. The number of hydrogen-bond donors (Lipinski definition) is 3. The predicted octanol–water partition coefficient (Wildman–Crippen LogP) is -1.28. The van der Waals surface area contributed by atoms with Crippen LogP contribution in [0.15, 0.2) is 60.4 Å². The number of nitrogens with one attached hydrogen (secondary N) is 2. The molecule has 1 aromatic carbocycles. The van der Waals surface area contributed by atoms with Crippen LogP contribution < -0.4 is 40.2 Å². The number of amides is 3. The predicted molar refractivity (Wildman–Crippen MR) is 109 cm³/mol. The van der Waals surface area contributed by atoms with Crippen LogP contribution in [0.2, 0.25) is 0 Å². The minimum absolute atomic E-state index is 0. The zero-order valence-corrected chi connectivity index (χ0v) is 19.5. The van der Waals surface area contributed by atoms with Crippen molar-refractivity contribution in [3.05, 3.63) is 66.1 Å². The molecule has 10 heteroatoms.